The molecule has 1 aromatic carbocycles. The lowest BCUT2D eigenvalue weighted by atomic mass is 10.1. The molecular formula is C12H15N3O3. The van der Waals surface area contributed by atoms with Gasteiger partial charge in [0.25, 0.3) is 5.69 Å². The number of hydrogen-bond donors (Lipinski definition) is 1. The number of anilines is 1. The molecule has 0 aromatic heterocycles. The molecule has 18 heavy (non-hydrogen) atoms. The fourth-order valence-electron chi connectivity index (χ4n) is 2.16. The van der Waals surface area contributed by atoms with Crippen LogP contribution in [0.1, 0.15) is 12.5 Å². The lowest BCUT2D eigenvalue weighted by molar-refractivity contribution is -0.385. The summed E-state index contributed by atoms with van der Waals surface area (Å²) in [6.07, 6.45) is 0. The van der Waals surface area contributed by atoms with E-state index in [-0.39, 0.29) is 17.6 Å². The third-order valence-corrected chi connectivity index (χ3v) is 3.21. The zero-order valence-corrected chi connectivity index (χ0v) is 10.3. The molecule has 6 heteroatoms. The molecule has 1 fully saturated rings. The van der Waals surface area contributed by atoms with Gasteiger partial charge in [0.15, 0.2) is 0 Å². The van der Waals surface area contributed by atoms with Gasteiger partial charge in [0.1, 0.15) is 6.04 Å². The number of piperazine rings is 1. The van der Waals surface area contributed by atoms with Crippen LogP contribution >= 0.6 is 0 Å². The third-order valence-electron chi connectivity index (χ3n) is 3.21. The Labute approximate surface area is 105 Å². The Balaban J connectivity index is 2.31. The van der Waals surface area contributed by atoms with Gasteiger partial charge >= 0.3 is 0 Å². The van der Waals surface area contributed by atoms with Gasteiger partial charge in [-0.1, -0.05) is 0 Å². The Morgan fingerprint density at radius 1 is 1.50 bits per heavy atom. The van der Waals surface area contributed by atoms with Crippen molar-refractivity contribution in [3.63, 3.8) is 0 Å². The van der Waals surface area contributed by atoms with E-state index in [0.29, 0.717) is 18.7 Å². The van der Waals surface area contributed by atoms with Crippen molar-refractivity contribution >= 4 is 17.3 Å². The van der Waals surface area contributed by atoms with Gasteiger partial charge in [0.2, 0.25) is 5.91 Å². The normalized spacial score (nSPS) is 19.6. The summed E-state index contributed by atoms with van der Waals surface area (Å²) < 4.78 is 0. The first kappa shape index (κ1) is 12.3. The summed E-state index contributed by atoms with van der Waals surface area (Å²) in [5, 5.41) is 13.5. The fraction of sp³-hybridized carbons (Fsp3) is 0.417. The summed E-state index contributed by atoms with van der Waals surface area (Å²) in [7, 11) is 0. The van der Waals surface area contributed by atoms with Crippen molar-refractivity contribution in [2.75, 3.05) is 18.0 Å². The van der Waals surface area contributed by atoms with Crippen LogP contribution in [0.15, 0.2) is 18.2 Å². The molecule has 1 unspecified atom stereocenters. The largest absolute Gasteiger partial charge is 0.358 e. The van der Waals surface area contributed by atoms with Crippen LogP contribution in [-0.4, -0.2) is 30.0 Å². The van der Waals surface area contributed by atoms with Gasteiger partial charge in [-0.2, -0.15) is 0 Å². The first-order valence-corrected chi connectivity index (χ1v) is 5.80. The molecule has 6 nitrogen and oxygen atoms in total. The SMILES string of the molecule is Cc1cc(N2CCNC(=O)C2C)ccc1[N+](=O)[O-]. The van der Waals surface area contributed by atoms with Gasteiger partial charge in [-0.25, -0.2) is 0 Å². The van der Waals surface area contributed by atoms with E-state index in [1.165, 1.54) is 6.07 Å². The second kappa shape index (κ2) is 4.64. The van der Waals surface area contributed by atoms with Crippen molar-refractivity contribution < 1.29 is 9.72 Å². The molecule has 1 saturated heterocycles. The standard InChI is InChI=1S/C12H15N3O3/c1-8-7-10(3-4-11(8)15(17)18)14-6-5-13-12(16)9(14)2/h3-4,7,9H,5-6H2,1-2H3,(H,13,16). The van der Waals surface area contributed by atoms with Gasteiger partial charge in [0.05, 0.1) is 4.92 Å². The van der Waals surface area contributed by atoms with Crippen LogP contribution in [0.5, 0.6) is 0 Å². The minimum absolute atomic E-state index is 0.0164. The summed E-state index contributed by atoms with van der Waals surface area (Å²) in [6, 6.07) is 4.69. The molecule has 0 radical (unpaired) electrons. The molecule has 1 heterocycles. The second-order valence-corrected chi connectivity index (χ2v) is 4.39. The monoisotopic (exact) mass is 249 g/mol. The molecule has 1 aliphatic heterocycles. The minimum atomic E-state index is -0.397. The van der Waals surface area contributed by atoms with E-state index in [9.17, 15) is 14.9 Å². The van der Waals surface area contributed by atoms with Crippen molar-refractivity contribution in [1.82, 2.24) is 5.32 Å². The molecular weight excluding hydrogens is 234 g/mol. The highest BCUT2D eigenvalue weighted by Gasteiger charge is 2.26. The van der Waals surface area contributed by atoms with Gasteiger partial charge < -0.3 is 10.2 Å². The fourth-order valence-corrected chi connectivity index (χ4v) is 2.16. The van der Waals surface area contributed by atoms with Crippen molar-refractivity contribution in [2.45, 2.75) is 19.9 Å². The summed E-state index contributed by atoms with van der Waals surface area (Å²) >= 11 is 0. The molecule has 1 amide bonds. The van der Waals surface area contributed by atoms with E-state index in [1.54, 1.807) is 19.1 Å². The number of hydrogen-bond acceptors (Lipinski definition) is 4. The van der Waals surface area contributed by atoms with Gasteiger partial charge in [-0.15, -0.1) is 0 Å². The number of nitro benzene ring substituents is 1. The molecule has 0 spiro atoms. The maximum Gasteiger partial charge on any atom is 0.272 e. The van der Waals surface area contributed by atoms with Crippen molar-refractivity contribution in [2.24, 2.45) is 0 Å². The average Bonchev–Trinajstić information content (AvgIpc) is 2.32. The Kier molecular flexibility index (Phi) is 3.18. The van der Waals surface area contributed by atoms with Gasteiger partial charge in [-0.3, -0.25) is 14.9 Å². The zero-order valence-electron chi connectivity index (χ0n) is 10.3. The number of rotatable bonds is 2. The molecule has 0 bridgehead atoms. The van der Waals surface area contributed by atoms with E-state index >= 15 is 0 Å². The highest BCUT2D eigenvalue weighted by molar-refractivity contribution is 5.86. The Morgan fingerprint density at radius 3 is 2.83 bits per heavy atom. The lowest BCUT2D eigenvalue weighted by Crippen LogP contribution is -2.54. The van der Waals surface area contributed by atoms with Crippen LogP contribution in [0, 0.1) is 17.0 Å². The number of aryl methyl sites for hydroxylation is 1. The minimum Gasteiger partial charge on any atom is -0.358 e. The number of carbonyl (C=O) groups excluding carboxylic acids is 1. The first-order valence-electron chi connectivity index (χ1n) is 5.80. The first-order chi connectivity index (χ1) is 8.50. The maximum atomic E-state index is 11.6. The number of nitrogens with zero attached hydrogens (tertiary/aromatic N) is 2. The number of amides is 1. The molecule has 1 aromatic rings. The Hall–Kier alpha value is -2.11. The quantitative estimate of drug-likeness (QED) is 0.631. The Morgan fingerprint density at radius 2 is 2.22 bits per heavy atom. The summed E-state index contributed by atoms with van der Waals surface area (Å²) in [4.78, 5) is 23.9. The van der Waals surface area contributed by atoms with Crippen molar-refractivity contribution in [1.29, 1.82) is 0 Å². The smallest absolute Gasteiger partial charge is 0.272 e. The van der Waals surface area contributed by atoms with Crippen LogP contribution in [0.2, 0.25) is 0 Å². The van der Waals surface area contributed by atoms with E-state index in [2.05, 4.69) is 5.32 Å². The second-order valence-electron chi connectivity index (χ2n) is 4.39. The molecule has 2 rings (SSSR count). The number of nitro groups is 1. The summed E-state index contributed by atoms with van der Waals surface area (Å²) in [6.45, 7) is 4.84. The van der Waals surface area contributed by atoms with Crippen LogP contribution in [0.4, 0.5) is 11.4 Å². The van der Waals surface area contributed by atoms with Crippen LogP contribution in [-0.2, 0) is 4.79 Å². The predicted octanol–water partition coefficient (Wildman–Crippen LogP) is 1.23. The van der Waals surface area contributed by atoms with Crippen molar-refractivity contribution in [3.05, 3.63) is 33.9 Å². The zero-order chi connectivity index (χ0) is 13.3. The third kappa shape index (κ3) is 2.13. The van der Waals surface area contributed by atoms with Crippen molar-refractivity contribution in [3.8, 4) is 0 Å². The number of benzene rings is 1. The number of nitrogens with one attached hydrogen (secondary N) is 1. The van der Waals surface area contributed by atoms with E-state index in [4.69, 9.17) is 0 Å². The van der Waals surface area contributed by atoms with Gasteiger partial charge in [0, 0.05) is 30.4 Å². The Bertz CT molecular complexity index is 501. The van der Waals surface area contributed by atoms with E-state index in [0.717, 1.165) is 5.69 Å². The molecule has 1 aliphatic rings. The van der Waals surface area contributed by atoms with Gasteiger partial charge in [-0.05, 0) is 26.0 Å². The molecule has 1 N–H and O–H groups in total. The highest BCUT2D eigenvalue weighted by atomic mass is 16.6. The average molecular weight is 249 g/mol. The molecule has 0 saturated carbocycles. The maximum absolute atomic E-state index is 11.6. The lowest BCUT2D eigenvalue weighted by Gasteiger charge is -2.34. The van der Waals surface area contributed by atoms with E-state index < -0.39 is 4.92 Å². The summed E-state index contributed by atoms with van der Waals surface area (Å²) in [5.41, 5.74) is 1.56. The number of carbonyl (C=O) groups is 1. The topological polar surface area (TPSA) is 75.5 Å². The van der Waals surface area contributed by atoms with Crippen LogP contribution in [0.25, 0.3) is 0 Å². The van der Waals surface area contributed by atoms with E-state index in [1.807, 2.05) is 11.8 Å². The molecule has 1 atom stereocenters. The molecule has 96 valence electrons. The highest BCUT2D eigenvalue weighted by Crippen LogP contribution is 2.26. The van der Waals surface area contributed by atoms with Crippen LogP contribution < -0.4 is 10.2 Å². The predicted molar refractivity (Wildman–Crippen MR) is 67.7 cm³/mol. The van der Waals surface area contributed by atoms with Crippen LogP contribution in [0.3, 0.4) is 0 Å². The summed E-state index contributed by atoms with van der Waals surface area (Å²) in [5.74, 6) is -0.0164. The molecule has 0 aliphatic carbocycles.